The summed E-state index contributed by atoms with van der Waals surface area (Å²) in [6, 6.07) is 11.7. The summed E-state index contributed by atoms with van der Waals surface area (Å²) in [5.41, 5.74) is 0.702. The van der Waals surface area contributed by atoms with Gasteiger partial charge >= 0.3 is 7.12 Å². The molecule has 0 bridgehead atoms. The fraction of sp³-hybridized carbons (Fsp3) is 0.700. The highest BCUT2D eigenvalue weighted by molar-refractivity contribution is 6.76. The van der Waals surface area contributed by atoms with E-state index >= 15 is 0 Å². The highest BCUT2D eigenvalue weighted by atomic mass is 28.3. The first kappa shape index (κ1) is 20.7. The van der Waals surface area contributed by atoms with Crippen molar-refractivity contribution >= 4 is 15.2 Å². The molecule has 1 aliphatic heterocycles. The summed E-state index contributed by atoms with van der Waals surface area (Å²) >= 11 is 0. The average Bonchev–Trinajstić information content (AvgIpc) is 2.70. The van der Waals surface area contributed by atoms with Gasteiger partial charge in [-0.25, -0.2) is 0 Å². The fourth-order valence-corrected chi connectivity index (χ4v) is 3.54. The van der Waals surface area contributed by atoms with Gasteiger partial charge in [0.25, 0.3) is 0 Å². The summed E-state index contributed by atoms with van der Waals surface area (Å²) in [6.45, 7) is 16.3. The fourth-order valence-electron chi connectivity index (χ4n) is 2.81. The summed E-state index contributed by atoms with van der Waals surface area (Å²) in [5.74, 6) is 0. The van der Waals surface area contributed by atoms with Crippen molar-refractivity contribution in [3.63, 3.8) is 0 Å². The van der Waals surface area contributed by atoms with E-state index in [9.17, 15) is 0 Å². The van der Waals surface area contributed by atoms with Gasteiger partial charge in [-0.2, -0.15) is 0 Å². The van der Waals surface area contributed by atoms with E-state index in [2.05, 4.69) is 77.7 Å². The highest BCUT2D eigenvalue weighted by Crippen LogP contribution is 2.38. The Morgan fingerprint density at radius 3 is 2.08 bits per heavy atom. The smallest absolute Gasteiger partial charge is 0.402 e. The first-order valence-electron chi connectivity index (χ1n) is 9.51. The Morgan fingerprint density at radius 1 is 1.00 bits per heavy atom. The van der Waals surface area contributed by atoms with Gasteiger partial charge in [0.1, 0.15) is 0 Å². The van der Waals surface area contributed by atoms with Crippen molar-refractivity contribution < 1.29 is 14.0 Å². The summed E-state index contributed by atoms with van der Waals surface area (Å²) in [4.78, 5) is 0. The molecule has 1 heterocycles. The third-order valence-electron chi connectivity index (χ3n) is 5.32. The average molecular weight is 362 g/mol. The topological polar surface area (TPSA) is 27.7 Å². The zero-order chi connectivity index (χ0) is 18.7. The van der Waals surface area contributed by atoms with Crippen molar-refractivity contribution in [2.45, 2.75) is 83.4 Å². The maximum atomic E-state index is 6.30. The molecule has 1 atom stereocenters. The molecule has 0 radical (unpaired) electrons. The predicted octanol–water partition coefficient (Wildman–Crippen LogP) is 4.97. The van der Waals surface area contributed by atoms with Crippen LogP contribution >= 0.6 is 0 Å². The molecule has 0 spiro atoms. The van der Waals surface area contributed by atoms with Crippen molar-refractivity contribution in [3.8, 4) is 0 Å². The Hall–Kier alpha value is -0.618. The van der Waals surface area contributed by atoms with Crippen LogP contribution in [0.1, 0.15) is 39.7 Å². The van der Waals surface area contributed by atoms with Crippen LogP contribution in [0, 0.1) is 0 Å². The standard InChI is InChI=1S/C20H35BO3Si/c1-19(2)20(3,4)24-21(23-19)18(22-15-16-25(5,6)7)14-13-17-11-9-8-10-12-17/h8-12,18H,13-16H2,1-7H3. The SMILES string of the molecule is CC1(C)OB(C(CCc2ccccc2)OCC[Si](C)(C)C)OC1(C)C. The molecule has 25 heavy (non-hydrogen) atoms. The molecule has 1 aliphatic rings. The minimum Gasteiger partial charge on any atom is -0.402 e. The molecule has 0 saturated carbocycles. The van der Waals surface area contributed by atoms with Crippen molar-refractivity contribution in [1.82, 2.24) is 0 Å². The molecule has 0 N–H and O–H groups in total. The van der Waals surface area contributed by atoms with Crippen LogP contribution in [0.25, 0.3) is 0 Å². The number of hydrogen-bond donors (Lipinski definition) is 0. The van der Waals surface area contributed by atoms with Gasteiger partial charge < -0.3 is 14.0 Å². The molecule has 1 aromatic rings. The molecule has 0 aliphatic carbocycles. The van der Waals surface area contributed by atoms with E-state index in [1.165, 1.54) is 5.56 Å². The van der Waals surface area contributed by atoms with Crippen LogP contribution in [-0.4, -0.2) is 39.0 Å². The van der Waals surface area contributed by atoms with Gasteiger partial charge in [0, 0.05) is 14.7 Å². The van der Waals surface area contributed by atoms with E-state index in [0.29, 0.717) is 0 Å². The van der Waals surface area contributed by atoms with E-state index in [0.717, 1.165) is 25.5 Å². The predicted molar refractivity (Wildman–Crippen MR) is 109 cm³/mol. The first-order chi connectivity index (χ1) is 11.5. The molecule has 5 heteroatoms. The van der Waals surface area contributed by atoms with Crippen molar-refractivity contribution in [3.05, 3.63) is 35.9 Å². The Balaban J connectivity index is 2.01. The van der Waals surface area contributed by atoms with E-state index in [1.54, 1.807) is 0 Å². The third kappa shape index (κ3) is 5.95. The van der Waals surface area contributed by atoms with Crippen molar-refractivity contribution in [1.29, 1.82) is 0 Å². The van der Waals surface area contributed by atoms with Crippen LogP contribution in [0.3, 0.4) is 0 Å². The van der Waals surface area contributed by atoms with Crippen LogP contribution in [0.15, 0.2) is 30.3 Å². The number of rotatable bonds is 8. The van der Waals surface area contributed by atoms with E-state index < -0.39 is 8.07 Å². The molecule has 0 amide bonds. The van der Waals surface area contributed by atoms with Crippen LogP contribution in [0.5, 0.6) is 0 Å². The lowest BCUT2D eigenvalue weighted by Gasteiger charge is -2.32. The zero-order valence-electron chi connectivity index (χ0n) is 17.1. The van der Waals surface area contributed by atoms with Crippen LogP contribution in [0.2, 0.25) is 25.7 Å². The third-order valence-corrected chi connectivity index (χ3v) is 7.02. The van der Waals surface area contributed by atoms with Gasteiger partial charge in [-0.05, 0) is 52.1 Å². The van der Waals surface area contributed by atoms with Crippen LogP contribution in [0.4, 0.5) is 0 Å². The number of benzene rings is 1. The molecule has 1 aromatic carbocycles. The van der Waals surface area contributed by atoms with Gasteiger partial charge in [-0.1, -0.05) is 50.0 Å². The molecular weight excluding hydrogens is 327 g/mol. The number of hydrogen-bond acceptors (Lipinski definition) is 3. The quantitative estimate of drug-likeness (QED) is 0.611. The van der Waals surface area contributed by atoms with Gasteiger partial charge in [0.05, 0.1) is 17.2 Å². The lowest BCUT2D eigenvalue weighted by molar-refractivity contribution is 0.00578. The van der Waals surface area contributed by atoms with Crippen LogP contribution in [-0.2, 0) is 20.5 Å². The second-order valence-corrected chi connectivity index (χ2v) is 15.0. The highest BCUT2D eigenvalue weighted by Gasteiger charge is 2.54. The second-order valence-electron chi connectivity index (χ2n) is 9.37. The molecular formula is C20H35BO3Si. The largest absolute Gasteiger partial charge is 0.488 e. The van der Waals surface area contributed by atoms with E-state index in [1.807, 2.05) is 0 Å². The Morgan fingerprint density at radius 2 is 1.56 bits per heavy atom. The lowest BCUT2D eigenvalue weighted by Crippen LogP contribution is -2.41. The Kier molecular flexibility index (Phi) is 6.58. The van der Waals surface area contributed by atoms with Crippen molar-refractivity contribution in [2.75, 3.05) is 6.61 Å². The normalized spacial score (nSPS) is 20.7. The van der Waals surface area contributed by atoms with Gasteiger partial charge in [0.2, 0.25) is 0 Å². The van der Waals surface area contributed by atoms with Crippen molar-refractivity contribution in [2.24, 2.45) is 0 Å². The first-order valence-corrected chi connectivity index (χ1v) is 13.2. The minimum absolute atomic E-state index is 0.0300. The maximum absolute atomic E-state index is 6.30. The number of ether oxygens (including phenoxy) is 1. The minimum atomic E-state index is -1.11. The molecule has 0 aromatic heterocycles. The Labute approximate surface area is 155 Å². The molecule has 1 unspecified atom stereocenters. The Bertz CT molecular complexity index is 524. The summed E-state index contributed by atoms with van der Waals surface area (Å²) < 4.78 is 18.8. The molecule has 1 saturated heterocycles. The summed E-state index contributed by atoms with van der Waals surface area (Å²) in [5, 5.41) is 0. The molecule has 1 fully saturated rings. The van der Waals surface area contributed by atoms with Gasteiger partial charge in [-0.3, -0.25) is 0 Å². The molecule has 3 nitrogen and oxygen atoms in total. The monoisotopic (exact) mass is 362 g/mol. The summed E-state index contributed by atoms with van der Waals surface area (Å²) in [6.07, 6.45) is 1.88. The maximum Gasteiger partial charge on any atom is 0.488 e. The van der Waals surface area contributed by atoms with E-state index in [4.69, 9.17) is 14.0 Å². The van der Waals surface area contributed by atoms with E-state index in [-0.39, 0.29) is 24.3 Å². The van der Waals surface area contributed by atoms with Gasteiger partial charge in [0.15, 0.2) is 0 Å². The summed E-state index contributed by atoms with van der Waals surface area (Å²) in [7, 11) is -1.41. The zero-order valence-corrected chi connectivity index (χ0v) is 18.1. The van der Waals surface area contributed by atoms with Crippen LogP contribution < -0.4 is 0 Å². The molecule has 2 rings (SSSR count). The van der Waals surface area contributed by atoms with Gasteiger partial charge in [-0.15, -0.1) is 0 Å². The second kappa shape index (κ2) is 7.95. The lowest BCUT2D eigenvalue weighted by atomic mass is 9.77. The molecule has 140 valence electrons. The number of aryl methyl sites for hydroxylation is 1.